The van der Waals surface area contributed by atoms with Gasteiger partial charge in [0.25, 0.3) is 0 Å². The van der Waals surface area contributed by atoms with Crippen molar-refractivity contribution in [2.75, 3.05) is 13.2 Å². The average molecular weight is 241 g/mol. The van der Waals surface area contributed by atoms with E-state index < -0.39 is 0 Å². The third kappa shape index (κ3) is 3.25. The third-order valence-electron chi connectivity index (χ3n) is 2.66. The van der Waals surface area contributed by atoms with E-state index in [1.807, 2.05) is 6.92 Å². The Morgan fingerprint density at radius 2 is 2.62 bits per heavy atom. The molecule has 1 aliphatic heterocycles. The summed E-state index contributed by atoms with van der Waals surface area (Å²) in [4.78, 5) is 4.46. The Morgan fingerprint density at radius 1 is 1.75 bits per heavy atom. The summed E-state index contributed by atoms with van der Waals surface area (Å²) in [6.45, 7) is 4.61. The van der Waals surface area contributed by atoms with E-state index in [9.17, 15) is 0 Å². The van der Waals surface area contributed by atoms with Crippen molar-refractivity contribution in [3.63, 3.8) is 0 Å². The summed E-state index contributed by atoms with van der Waals surface area (Å²) in [6, 6.07) is 0.0388. The zero-order valence-electron chi connectivity index (χ0n) is 9.61. The van der Waals surface area contributed by atoms with Gasteiger partial charge in [-0.05, 0) is 19.8 Å². The Hall–Kier alpha value is -0.490. The van der Waals surface area contributed by atoms with Gasteiger partial charge in [0.05, 0.1) is 17.8 Å². The molecule has 2 heterocycles. The zero-order chi connectivity index (χ0) is 11.4. The van der Waals surface area contributed by atoms with Crippen LogP contribution in [0.3, 0.4) is 0 Å². The quantitative estimate of drug-likeness (QED) is 0.819. The minimum absolute atomic E-state index is 0.0388. The number of hydrogen-bond acceptors (Lipinski definition) is 5. The molecular formula is C11H19N3OS. The molecule has 1 aromatic heterocycles. The molecule has 4 nitrogen and oxygen atoms in total. The van der Waals surface area contributed by atoms with Crippen LogP contribution in [0.15, 0.2) is 5.38 Å². The Morgan fingerprint density at radius 3 is 3.25 bits per heavy atom. The van der Waals surface area contributed by atoms with E-state index in [1.54, 1.807) is 11.3 Å². The summed E-state index contributed by atoms with van der Waals surface area (Å²) >= 11 is 1.63. The molecule has 1 aromatic rings. The molecule has 5 heteroatoms. The lowest BCUT2D eigenvalue weighted by molar-refractivity contribution is 0.110. The Balaban J connectivity index is 1.72. The predicted octanol–water partition coefficient (Wildman–Crippen LogP) is 1.43. The Labute approximate surface area is 100 Å². The average Bonchev–Trinajstić information content (AvgIpc) is 2.87. The molecule has 0 aliphatic carbocycles. The molecule has 0 radical (unpaired) electrons. The number of nitrogens with zero attached hydrogens (tertiary/aromatic N) is 1. The van der Waals surface area contributed by atoms with Gasteiger partial charge < -0.3 is 15.8 Å². The summed E-state index contributed by atoms with van der Waals surface area (Å²) < 4.78 is 5.53. The highest BCUT2D eigenvalue weighted by molar-refractivity contribution is 7.09. The van der Waals surface area contributed by atoms with Crippen LogP contribution >= 0.6 is 11.3 Å². The summed E-state index contributed by atoms with van der Waals surface area (Å²) in [5.41, 5.74) is 6.84. The Kier molecular flexibility index (Phi) is 4.29. The highest BCUT2D eigenvalue weighted by atomic mass is 32.1. The van der Waals surface area contributed by atoms with Crippen molar-refractivity contribution in [1.82, 2.24) is 10.3 Å². The van der Waals surface area contributed by atoms with Crippen LogP contribution in [-0.4, -0.2) is 24.2 Å². The van der Waals surface area contributed by atoms with E-state index >= 15 is 0 Å². The molecule has 2 atom stereocenters. The fraction of sp³-hybridized carbons (Fsp3) is 0.727. The van der Waals surface area contributed by atoms with Crippen molar-refractivity contribution in [2.24, 2.45) is 5.73 Å². The first-order chi connectivity index (χ1) is 7.75. The first-order valence-electron chi connectivity index (χ1n) is 5.78. The van der Waals surface area contributed by atoms with E-state index in [-0.39, 0.29) is 6.04 Å². The molecule has 0 bridgehead atoms. The van der Waals surface area contributed by atoms with Crippen LogP contribution in [0.4, 0.5) is 0 Å². The van der Waals surface area contributed by atoms with Crippen LogP contribution in [-0.2, 0) is 11.3 Å². The molecule has 0 saturated carbocycles. The molecule has 1 aliphatic rings. The lowest BCUT2D eigenvalue weighted by Crippen LogP contribution is -2.25. The number of aromatic nitrogens is 1. The van der Waals surface area contributed by atoms with Crippen LogP contribution in [0, 0.1) is 0 Å². The van der Waals surface area contributed by atoms with Gasteiger partial charge in [-0.3, -0.25) is 0 Å². The lowest BCUT2D eigenvalue weighted by atomic mass is 10.2. The fourth-order valence-electron chi connectivity index (χ4n) is 1.78. The van der Waals surface area contributed by atoms with Crippen molar-refractivity contribution < 1.29 is 4.74 Å². The van der Waals surface area contributed by atoms with Crippen molar-refractivity contribution >= 4 is 11.3 Å². The van der Waals surface area contributed by atoms with Crippen LogP contribution in [0.2, 0.25) is 0 Å². The molecule has 0 spiro atoms. The van der Waals surface area contributed by atoms with E-state index in [1.165, 1.54) is 12.8 Å². The summed E-state index contributed by atoms with van der Waals surface area (Å²) in [5.74, 6) is 0. The lowest BCUT2D eigenvalue weighted by Gasteiger charge is -2.09. The second-order valence-corrected chi connectivity index (χ2v) is 5.12. The predicted molar refractivity (Wildman–Crippen MR) is 65.4 cm³/mol. The van der Waals surface area contributed by atoms with E-state index in [2.05, 4.69) is 15.7 Å². The normalized spacial score (nSPS) is 22.5. The maximum absolute atomic E-state index is 5.76. The van der Waals surface area contributed by atoms with Gasteiger partial charge in [0.15, 0.2) is 0 Å². The van der Waals surface area contributed by atoms with Crippen molar-refractivity contribution in [3.05, 3.63) is 16.1 Å². The standard InChI is InChI=1S/C11H19N3OS/c1-8(12)11-14-9(7-16-11)5-13-6-10-3-2-4-15-10/h7-8,10,13H,2-6,12H2,1H3. The molecule has 2 rings (SSSR count). The van der Waals surface area contributed by atoms with Gasteiger partial charge in [0.2, 0.25) is 0 Å². The zero-order valence-corrected chi connectivity index (χ0v) is 10.4. The number of thiazole rings is 1. The molecule has 0 aromatic carbocycles. The van der Waals surface area contributed by atoms with Crippen LogP contribution < -0.4 is 11.1 Å². The molecule has 1 saturated heterocycles. The summed E-state index contributed by atoms with van der Waals surface area (Å²) in [7, 11) is 0. The molecule has 1 fully saturated rings. The van der Waals surface area contributed by atoms with Gasteiger partial charge in [-0.25, -0.2) is 4.98 Å². The molecule has 2 unspecified atom stereocenters. The minimum atomic E-state index is 0.0388. The minimum Gasteiger partial charge on any atom is -0.377 e. The first-order valence-corrected chi connectivity index (χ1v) is 6.66. The van der Waals surface area contributed by atoms with Gasteiger partial charge in [0, 0.05) is 25.1 Å². The maximum atomic E-state index is 5.76. The summed E-state index contributed by atoms with van der Waals surface area (Å²) in [6.07, 6.45) is 2.76. The van der Waals surface area contributed by atoms with E-state index in [0.717, 1.165) is 30.4 Å². The number of nitrogens with two attached hydrogens (primary N) is 1. The number of nitrogens with one attached hydrogen (secondary N) is 1. The van der Waals surface area contributed by atoms with Crippen LogP contribution in [0.25, 0.3) is 0 Å². The Bertz CT molecular complexity index is 321. The molecule has 3 N–H and O–H groups in total. The van der Waals surface area contributed by atoms with Gasteiger partial charge in [-0.1, -0.05) is 0 Å². The molecule has 0 amide bonds. The number of ether oxygens (including phenoxy) is 1. The largest absolute Gasteiger partial charge is 0.377 e. The highest BCUT2D eigenvalue weighted by Gasteiger charge is 2.14. The highest BCUT2D eigenvalue weighted by Crippen LogP contribution is 2.16. The van der Waals surface area contributed by atoms with Crippen LogP contribution in [0.5, 0.6) is 0 Å². The van der Waals surface area contributed by atoms with Crippen molar-refractivity contribution in [3.8, 4) is 0 Å². The third-order valence-corrected chi connectivity index (χ3v) is 3.76. The van der Waals surface area contributed by atoms with Crippen molar-refractivity contribution in [1.29, 1.82) is 0 Å². The number of hydrogen-bond donors (Lipinski definition) is 2. The van der Waals surface area contributed by atoms with Crippen LogP contribution in [0.1, 0.15) is 36.5 Å². The second-order valence-electron chi connectivity index (χ2n) is 4.23. The fourth-order valence-corrected chi connectivity index (χ4v) is 2.56. The SMILES string of the molecule is CC(N)c1nc(CNCC2CCCO2)cs1. The molecule has 90 valence electrons. The summed E-state index contributed by atoms with van der Waals surface area (Å²) in [5, 5.41) is 6.45. The number of rotatable bonds is 5. The monoisotopic (exact) mass is 241 g/mol. The van der Waals surface area contributed by atoms with Crippen molar-refractivity contribution in [2.45, 2.75) is 38.5 Å². The van der Waals surface area contributed by atoms with Gasteiger partial charge in [0.1, 0.15) is 5.01 Å². The van der Waals surface area contributed by atoms with Gasteiger partial charge in [-0.15, -0.1) is 11.3 Å². The molecular weight excluding hydrogens is 222 g/mol. The van der Waals surface area contributed by atoms with Gasteiger partial charge >= 0.3 is 0 Å². The van der Waals surface area contributed by atoms with Gasteiger partial charge in [-0.2, -0.15) is 0 Å². The first kappa shape index (κ1) is 12.0. The molecule has 16 heavy (non-hydrogen) atoms. The van der Waals surface area contributed by atoms with E-state index in [0.29, 0.717) is 6.10 Å². The smallest absolute Gasteiger partial charge is 0.109 e. The second kappa shape index (κ2) is 5.72. The topological polar surface area (TPSA) is 60.2 Å². The maximum Gasteiger partial charge on any atom is 0.109 e. The van der Waals surface area contributed by atoms with E-state index in [4.69, 9.17) is 10.5 Å².